The van der Waals surface area contributed by atoms with Gasteiger partial charge in [0.1, 0.15) is 0 Å². The third-order valence-electron chi connectivity index (χ3n) is 2.85. The van der Waals surface area contributed by atoms with Crippen molar-refractivity contribution in [2.24, 2.45) is 5.84 Å². The monoisotopic (exact) mass is 292 g/mol. The van der Waals surface area contributed by atoms with Gasteiger partial charge in [-0.3, -0.25) is 11.3 Å². The average molecular weight is 292 g/mol. The van der Waals surface area contributed by atoms with E-state index in [1.807, 2.05) is 6.92 Å². The van der Waals surface area contributed by atoms with Crippen LogP contribution in [0.2, 0.25) is 6.04 Å². The van der Waals surface area contributed by atoms with E-state index in [2.05, 4.69) is 33.1 Å². The lowest BCUT2D eigenvalue weighted by Gasteiger charge is -2.33. The number of hydrazine groups is 1. The van der Waals surface area contributed by atoms with Gasteiger partial charge in [-0.05, 0) is 33.1 Å². The highest BCUT2D eigenvalue weighted by Gasteiger charge is 2.43. The summed E-state index contributed by atoms with van der Waals surface area (Å²) >= 11 is 0. The highest BCUT2D eigenvalue weighted by atomic mass is 28.4. The lowest BCUT2D eigenvalue weighted by molar-refractivity contribution is 0.0294. The Morgan fingerprint density at radius 3 is 1.95 bits per heavy atom. The highest BCUT2D eigenvalue weighted by Crippen LogP contribution is 2.21. The smallest absolute Gasteiger partial charge is 0.373 e. The van der Waals surface area contributed by atoms with Crippen LogP contribution in [-0.4, -0.2) is 34.2 Å². The molecular weight excluding hydrogens is 260 g/mol. The van der Waals surface area contributed by atoms with Crippen LogP contribution < -0.4 is 11.3 Å². The molecule has 0 spiro atoms. The molecule has 19 heavy (non-hydrogen) atoms. The maximum atomic E-state index is 6.16. The van der Waals surface area contributed by atoms with E-state index in [0.29, 0.717) is 19.3 Å². The predicted octanol–water partition coefficient (Wildman–Crippen LogP) is 2.45. The van der Waals surface area contributed by atoms with Crippen molar-refractivity contribution in [3.05, 3.63) is 0 Å². The summed E-state index contributed by atoms with van der Waals surface area (Å²) in [6.07, 6.45) is 3.01. The molecule has 2 atom stereocenters. The van der Waals surface area contributed by atoms with Crippen LogP contribution in [0.15, 0.2) is 0 Å². The summed E-state index contributed by atoms with van der Waals surface area (Å²) in [7, 11) is -2.65. The molecule has 0 aromatic heterocycles. The van der Waals surface area contributed by atoms with Gasteiger partial charge in [-0.25, -0.2) is 0 Å². The Morgan fingerprint density at radius 1 is 1.05 bits per heavy atom. The summed E-state index contributed by atoms with van der Waals surface area (Å²) < 4.78 is 18.2. The second kappa shape index (κ2) is 10.8. The molecule has 0 saturated heterocycles. The minimum atomic E-state index is -2.65. The normalized spacial score (nSPS) is 15.5. The third kappa shape index (κ3) is 8.01. The molecule has 0 aliphatic heterocycles. The largest absolute Gasteiger partial charge is 0.502 e. The summed E-state index contributed by atoms with van der Waals surface area (Å²) in [5, 5.41) is 0. The van der Waals surface area contributed by atoms with E-state index in [4.69, 9.17) is 19.1 Å². The number of nitrogens with two attached hydrogens (primary N) is 1. The second-order valence-electron chi connectivity index (χ2n) is 4.99. The standard InChI is InChI=1S/C13H32N2O3Si/c1-6-9-16-19(17-10-7-2,11-12(4)15-14)18-13(5)8-3/h12-13,15H,6-11,14H2,1-5H3. The lowest BCUT2D eigenvalue weighted by Crippen LogP contribution is -2.52. The van der Waals surface area contributed by atoms with E-state index in [9.17, 15) is 0 Å². The van der Waals surface area contributed by atoms with Crippen molar-refractivity contribution in [2.45, 2.75) is 72.1 Å². The van der Waals surface area contributed by atoms with Gasteiger partial charge in [-0.15, -0.1) is 0 Å². The van der Waals surface area contributed by atoms with Crippen molar-refractivity contribution in [3.63, 3.8) is 0 Å². The molecule has 0 aromatic carbocycles. The van der Waals surface area contributed by atoms with Gasteiger partial charge >= 0.3 is 8.80 Å². The van der Waals surface area contributed by atoms with Crippen molar-refractivity contribution < 1.29 is 13.3 Å². The Kier molecular flexibility index (Phi) is 10.8. The van der Waals surface area contributed by atoms with Crippen LogP contribution in [0.3, 0.4) is 0 Å². The van der Waals surface area contributed by atoms with Crippen LogP contribution in [0.25, 0.3) is 0 Å². The zero-order chi connectivity index (χ0) is 14.7. The zero-order valence-electron chi connectivity index (χ0n) is 13.2. The fraction of sp³-hybridized carbons (Fsp3) is 1.00. The fourth-order valence-corrected chi connectivity index (χ4v) is 4.84. The predicted molar refractivity (Wildman–Crippen MR) is 80.7 cm³/mol. The van der Waals surface area contributed by atoms with Crippen LogP contribution in [-0.2, 0) is 13.3 Å². The van der Waals surface area contributed by atoms with Gasteiger partial charge < -0.3 is 13.3 Å². The van der Waals surface area contributed by atoms with Crippen molar-refractivity contribution in [1.29, 1.82) is 0 Å². The quantitative estimate of drug-likeness (QED) is 0.328. The summed E-state index contributed by atoms with van der Waals surface area (Å²) in [5.74, 6) is 5.51. The second-order valence-corrected chi connectivity index (χ2v) is 7.58. The van der Waals surface area contributed by atoms with Crippen molar-refractivity contribution >= 4 is 8.80 Å². The molecule has 0 aromatic rings. The maximum absolute atomic E-state index is 6.16. The topological polar surface area (TPSA) is 65.7 Å². The first-order valence-corrected chi connectivity index (χ1v) is 9.38. The van der Waals surface area contributed by atoms with Crippen molar-refractivity contribution in [3.8, 4) is 0 Å². The molecule has 0 bridgehead atoms. The molecule has 3 N–H and O–H groups in total. The van der Waals surface area contributed by atoms with Gasteiger partial charge in [-0.2, -0.15) is 0 Å². The van der Waals surface area contributed by atoms with Gasteiger partial charge in [0.15, 0.2) is 0 Å². The lowest BCUT2D eigenvalue weighted by atomic mass is 10.3. The first-order valence-electron chi connectivity index (χ1n) is 7.45. The number of nitrogens with one attached hydrogen (secondary N) is 1. The maximum Gasteiger partial charge on any atom is 0.502 e. The van der Waals surface area contributed by atoms with Gasteiger partial charge in [0, 0.05) is 31.4 Å². The highest BCUT2D eigenvalue weighted by molar-refractivity contribution is 6.61. The van der Waals surface area contributed by atoms with Gasteiger partial charge in [0.2, 0.25) is 0 Å². The van der Waals surface area contributed by atoms with E-state index < -0.39 is 8.80 Å². The van der Waals surface area contributed by atoms with E-state index >= 15 is 0 Å². The van der Waals surface area contributed by atoms with Crippen LogP contribution in [0.1, 0.15) is 53.9 Å². The number of hydrogen-bond acceptors (Lipinski definition) is 5. The first-order chi connectivity index (χ1) is 9.03. The van der Waals surface area contributed by atoms with E-state index in [-0.39, 0.29) is 12.1 Å². The van der Waals surface area contributed by atoms with Gasteiger partial charge in [0.25, 0.3) is 0 Å². The first kappa shape index (κ1) is 19.0. The Hall–Kier alpha value is 0.0169. The molecule has 2 unspecified atom stereocenters. The molecule has 0 heterocycles. The summed E-state index contributed by atoms with van der Waals surface area (Å²) in [5.41, 5.74) is 2.76. The Labute approximate surface area is 119 Å². The average Bonchev–Trinajstić information content (AvgIpc) is 2.42. The fourth-order valence-electron chi connectivity index (χ4n) is 1.61. The van der Waals surface area contributed by atoms with Crippen LogP contribution in [0.4, 0.5) is 0 Å². The molecule has 5 nitrogen and oxygen atoms in total. The molecule has 0 fully saturated rings. The van der Waals surface area contributed by atoms with E-state index in [1.165, 1.54) is 0 Å². The van der Waals surface area contributed by atoms with Gasteiger partial charge in [0.05, 0.1) is 0 Å². The number of hydrogen-bond donors (Lipinski definition) is 2. The van der Waals surface area contributed by atoms with Crippen LogP contribution in [0, 0.1) is 0 Å². The molecule has 0 radical (unpaired) electrons. The molecule has 0 amide bonds. The van der Waals surface area contributed by atoms with E-state index in [1.54, 1.807) is 0 Å². The van der Waals surface area contributed by atoms with Gasteiger partial charge in [-0.1, -0.05) is 20.8 Å². The molecule has 6 heteroatoms. The summed E-state index contributed by atoms with van der Waals surface area (Å²) in [4.78, 5) is 0. The Morgan fingerprint density at radius 2 is 1.58 bits per heavy atom. The SMILES string of the molecule is CCCO[Si](CC(C)NN)(OCCC)OC(C)CC. The van der Waals surface area contributed by atoms with Crippen LogP contribution in [0.5, 0.6) is 0 Å². The summed E-state index contributed by atoms with van der Waals surface area (Å²) in [6.45, 7) is 11.7. The molecule has 0 rings (SSSR count). The third-order valence-corrected chi connectivity index (χ3v) is 6.01. The van der Waals surface area contributed by atoms with Crippen molar-refractivity contribution in [2.75, 3.05) is 13.2 Å². The zero-order valence-corrected chi connectivity index (χ0v) is 14.2. The molecular formula is C13H32N2O3Si. The number of rotatable bonds is 12. The molecule has 0 saturated carbocycles. The molecule has 116 valence electrons. The van der Waals surface area contributed by atoms with Crippen molar-refractivity contribution in [1.82, 2.24) is 5.43 Å². The molecule has 0 aliphatic rings. The minimum Gasteiger partial charge on any atom is -0.373 e. The minimum absolute atomic E-state index is 0.115. The van der Waals surface area contributed by atoms with E-state index in [0.717, 1.165) is 19.3 Å². The Bertz CT molecular complexity index is 198. The Balaban J connectivity index is 4.82. The summed E-state index contributed by atoms with van der Waals surface area (Å²) in [6, 6.07) is 0.817. The molecule has 0 aliphatic carbocycles. The van der Waals surface area contributed by atoms with Crippen LogP contribution >= 0.6 is 0 Å².